The van der Waals surface area contributed by atoms with Gasteiger partial charge in [-0.1, -0.05) is 23.1 Å². The monoisotopic (exact) mass is 180 g/mol. The van der Waals surface area contributed by atoms with Crippen molar-refractivity contribution in [2.75, 3.05) is 7.11 Å². The quantitative estimate of drug-likeness (QED) is 0.474. The average Bonchev–Trinajstić information content (AvgIpc) is 2.08. The van der Waals surface area contributed by atoms with Gasteiger partial charge < -0.3 is 4.74 Å². The van der Waals surface area contributed by atoms with Crippen LogP contribution in [-0.2, 0) is 4.74 Å². The molecule has 0 aliphatic carbocycles. The first kappa shape index (κ1) is 9.14. The molecule has 0 unspecified atom stereocenters. The van der Waals surface area contributed by atoms with Gasteiger partial charge in [0.25, 0.3) is 0 Å². The van der Waals surface area contributed by atoms with Crippen LogP contribution in [0.15, 0.2) is 18.2 Å². The minimum Gasteiger partial charge on any atom is -0.465 e. The molecule has 0 fully saturated rings. The molecule has 4 heteroatoms. The maximum atomic E-state index is 11.0. The Balaban J connectivity index is 3.13. The number of esters is 1. The number of halogens is 1. The van der Waals surface area contributed by atoms with E-state index in [1.165, 1.54) is 13.2 Å². The Morgan fingerprint density at radius 2 is 2.25 bits per heavy atom. The van der Waals surface area contributed by atoms with Gasteiger partial charge in [-0.25, -0.2) is 4.79 Å². The maximum Gasteiger partial charge on any atom is 0.337 e. The van der Waals surface area contributed by atoms with Crippen molar-refractivity contribution in [3.05, 3.63) is 28.8 Å². The fourth-order valence-electron chi connectivity index (χ4n) is 0.815. The molecule has 12 heavy (non-hydrogen) atoms. The van der Waals surface area contributed by atoms with E-state index in [9.17, 15) is 4.79 Å². The zero-order chi connectivity index (χ0) is 9.14. The Hall–Kier alpha value is -0.955. The molecule has 1 rings (SSSR count). The number of carbonyl (C=O) groups is 1. The Morgan fingerprint density at radius 3 is 2.83 bits per heavy atom. The first-order valence-electron chi connectivity index (χ1n) is 3.28. The summed E-state index contributed by atoms with van der Waals surface area (Å²) in [4.78, 5) is 11.0. The van der Waals surface area contributed by atoms with Gasteiger partial charge in [-0.2, -0.15) is 0 Å². The molecule has 0 saturated heterocycles. The Bertz CT molecular complexity index is 312. The van der Waals surface area contributed by atoms with E-state index in [1.807, 2.05) is 0 Å². The van der Waals surface area contributed by atoms with Gasteiger partial charge in [-0.05, 0) is 12.1 Å². The SMILES string of the molecule is [B]c1ccc(Cl)cc1C(=O)OC. The minimum absolute atomic E-state index is 0.296. The Kier molecular flexibility index (Phi) is 2.76. The Morgan fingerprint density at radius 1 is 1.58 bits per heavy atom. The summed E-state index contributed by atoms with van der Waals surface area (Å²) < 4.78 is 4.49. The highest BCUT2D eigenvalue weighted by Gasteiger charge is 2.07. The number of hydrogen-bond acceptors (Lipinski definition) is 2. The van der Waals surface area contributed by atoms with E-state index in [4.69, 9.17) is 19.4 Å². The summed E-state index contributed by atoms with van der Waals surface area (Å²) in [7, 11) is 6.80. The molecule has 0 saturated carbocycles. The van der Waals surface area contributed by atoms with E-state index in [1.54, 1.807) is 12.1 Å². The molecule has 0 N–H and O–H groups in total. The van der Waals surface area contributed by atoms with Crippen LogP contribution in [0.4, 0.5) is 0 Å². The van der Waals surface area contributed by atoms with Gasteiger partial charge >= 0.3 is 5.97 Å². The summed E-state index contributed by atoms with van der Waals surface area (Å²) in [5.41, 5.74) is 0.663. The molecule has 60 valence electrons. The third kappa shape index (κ3) is 1.80. The van der Waals surface area contributed by atoms with Crippen molar-refractivity contribution in [3.8, 4) is 0 Å². The Labute approximate surface area is 76.9 Å². The van der Waals surface area contributed by atoms with E-state index in [2.05, 4.69) is 4.74 Å². The number of hydrogen-bond donors (Lipinski definition) is 0. The zero-order valence-electron chi connectivity index (χ0n) is 6.50. The predicted molar refractivity (Wildman–Crippen MR) is 48.2 cm³/mol. The van der Waals surface area contributed by atoms with Crippen molar-refractivity contribution >= 4 is 30.9 Å². The lowest BCUT2D eigenvalue weighted by atomic mass is 9.91. The van der Waals surface area contributed by atoms with E-state index < -0.39 is 5.97 Å². The number of benzene rings is 1. The van der Waals surface area contributed by atoms with E-state index in [-0.39, 0.29) is 0 Å². The molecule has 0 aromatic heterocycles. The second kappa shape index (κ2) is 3.63. The van der Waals surface area contributed by atoms with Gasteiger partial charge in [0.2, 0.25) is 0 Å². The van der Waals surface area contributed by atoms with Crippen LogP contribution in [0.3, 0.4) is 0 Å². The summed E-state index contributed by atoms with van der Waals surface area (Å²) in [5.74, 6) is -0.477. The largest absolute Gasteiger partial charge is 0.465 e. The predicted octanol–water partition coefficient (Wildman–Crippen LogP) is 0.920. The van der Waals surface area contributed by atoms with Crippen LogP contribution in [0.2, 0.25) is 5.02 Å². The van der Waals surface area contributed by atoms with Crippen LogP contribution in [0, 0.1) is 0 Å². The fourth-order valence-corrected chi connectivity index (χ4v) is 0.987. The number of carbonyl (C=O) groups excluding carboxylic acids is 1. The molecule has 2 radical (unpaired) electrons. The highest BCUT2D eigenvalue weighted by Crippen LogP contribution is 2.09. The molecule has 0 aliphatic rings. The molecule has 0 spiro atoms. The standard InChI is InChI=1S/C8H6BClO2/c1-12-8(11)6-4-5(10)2-3-7(6)9/h2-4H,1H3. The van der Waals surface area contributed by atoms with Crippen LogP contribution in [0.1, 0.15) is 10.4 Å². The van der Waals surface area contributed by atoms with Crippen molar-refractivity contribution < 1.29 is 9.53 Å². The van der Waals surface area contributed by atoms with Crippen LogP contribution in [0.5, 0.6) is 0 Å². The third-order valence-corrected chi connectivity index (χ3v) is 1.66. The number of methoxy groups -OCH3 is 1. The normalized spacial score (nSPS) is 9.50. The van der Waals surface area contributed by atoms with Crippen molar-refractivity contribution in [1.29, 1.82) is 0 Å². The topological polar surface area (TPSA) is 26.3 Å². The first-order chi connectivity index (χ1) is 5.65. The van der Waals surface area contributed by atoms with Gasteiger partial charge in [0.15, 0.2) is 0 Å². The molecule has 1 aromatic carbocycles. The molecule has 2 nitrogen and oxygen atoms in total. The first-order valence-corrected chi connectivity index (χ1v) is 3.66. The molecule has 1 aromatic rings. The average molecular weight is 180 g/mol. The van der Waals surface area contributed by atoms with Gasteiger partial charge in [0.05, 0.1) is 12.7 Å². The molecule has 0 amide bonds. The van der Waals surface area contributed by atoms with Crippen LogP contribution in [0.25, 0.3) is 0 Å². The van der Waals surface area contributed by atoms with E-state index >= 15 is 0 Å². The summed E-state index contributed by atoms with van der Waals surface area (Å²) >= 11 is 5.65. The molecule has 0 atom stereocenters. The lowest BCUT2D eigenvalue weighted by Crippen LogP contribution is -2.16. The van der Waals surface area contributed by atoms with Gasteiger partial charge in [-0.3, -0.25) is 0 Å². The second-order valence-corrected chi connectivity index (χ2v) is 2.66. The van der Waals surface area contributed by atoms with Crippen molar-refractivity contribution in [3.63, 3.8) is 0 Å². The molecular weight excluding hydrogens is 174 g/mol. The number of ether oxygens (including phenoxy) is 1. The zero-order valence-corrected chi connectivity index (χ0v) is 7.26. The van der Waals surface area contributed by atoms with Crippen LogP contribution in [-0.4, -0.2) is 20.9 Å². The second-order valence-electron chi connectivity index (χ2n) is 2.22. The van der Waals surface area contributed by atoms with Gasteiger partial charge in [-0.15, -0.1) is 0 Å². The smallest absolute Gasteiger partial charge is 0.337 e. The van der Waals surface area contributed by atoms with Crippen molar-refractivity contribution in [2.24, 2.45) is 0 Å². The third-order valence-electron chi connectivity index (χ3n) is 1.42. The lowest BCUT2D eigenvalue weighted by molar-refractivity contribution is 0.0602. The van der Waals surface area contributed by atoms with Crippen molar-refractivity contribution in [2.45, 2.75) is 0 Å². The fraction of sp³-hybridized carbons (Fsp3) is 0.125. The van der Waals surface area contributed by atoms with Crippen molar-refractivity contribution in [1.82, 2.24) is 0 Å². The highest BCUT2D eigenvalue weighted by molar-refractivity contribution is 6.37. The summed E-state index contributed by atoms with van der Waals surface area (Å²) in [6.07, 6.45) is 0. The molecule has 0 heterocycles. The molecular formula is C8H6BClO2. The molecule has 0 bridgehead atoms. The van der Waals surface area contributed by atoms with E-state index in [0.29, 0.717) is 16.0 Å². The lowest BCUT2D eigenvalue weighted by Gasteiger charge is -2.03. The minimum atomic E-state index is -0.477. The highest BCUT2D eigenvalue weighted by atomic mass is 35.5. The summed E-state index contributed by atoms with van der Waals surface area (Å²) in [6, 6.07) is 4.65. The van der Waals surface area contributed by atoms with Crippen LogP contribution >= 0.6 is 11.6 Å². The van der Waals surface area contributed by atoms with Crippen LogP contribution < -0.4 is 5.46 Å². The maximum absolute atomic E-state index is 11.0. The number of rotatable bonds is 1. The van der Waals surface area contributed by atoms with E-state index in [0.717, 1.165) is 0 Å². The molecule has 0 aliphatic heterocycles. The summed E-state index contributed by atoms with van der Waals surface area (Å²) in [5, 5.41) is 0.463. The summed E-state index contributed by atoms with van der Waals surface area (Å²) in [6.45, 7) is 0. The van der Waals surface area contributed by atoms with Gasteiger partial charge in [0, 0.05) is 5.02 Å². The van der Waals surface area contributed by atoms with Gasteiger partial charge in [0.1, 0.15) is 7.85 Å².